The first-order valence-electron chi connectivity index (χ1n) is 6.00. The summed E-state index contributed by atoms with van der Waals surface area (Å²) in [7, 11) is 0. The molecule has 1 heteroatoms. The molecule has 82 valence electrons. The van der Waals surface area contributed by atoms with Gasteiger partial charge in [-0.1, -0.05) is 31.8 Å². The van der Waals surface area contributed by atoms with Crippen LogP contribution in [0.1, 0.15) is 58.3 Å². The molecule has 1 rings (SSSR count). The minimum Gasteiger partial charge on any atom is -0.390 e. The lowest BCUT2D eigenvalue weighted by Crippen LogP contribution is -2.34. The molecule has 1 unspecified atom stereocenters. The summed E-state index contributed by atoms with van der Waals surface area (Å²) in [6, 6.07) is 0. The highest BCUT2D eigenvalue weighted by molar-refractivity contribution is 4.85. The van der Waals surface area contributed by atoms with Gasteiger partial charge in [0.15, 0.2) is 0 Å². The first-order chi connectivity index (χ1) is 6.67. The molecule has 1 aliphatic carbocycles. The van der Waals surface area contributed by atoms with Crippen LogP contribution in [0.5, 0.6) is 0 Å². The van der Waals surface area contributed by atoms with E-state index in [2.05, 4.69) is 6.58 Å². The standard InChI is InChI=1S/C13H24O/c1-3-4-11-13(2,14)12-9-7-5-6-8-10-12/h3,12,14H,1,4-11H2,2H3. The molecular weight excluding hydrogens is 172 g/mol. The Morgan fingerprint density at radius 3 is 2.36 bits per heavy atom. The van der Waals surface area contributed by atoms with Crippen LogP contribution in [0, 0.1) is 5.92 Å². The molecular formula is C13H24O. The molecule has 0 aromatic heterocycles. The fourth-order valence-corrected chi connectivity index (χ4v) is 2.50. The molecule has 0 aromatic rings. The lowest BCUT2D eigenvalue weighted by molar-refractivity contribution is -0.0142. The van der Waals surface area contributed by atoms with Crippen LogP contribution in [0.2, 0.25) is 0 Å². The highest BCUT2D eigenvalue weighted by Crippen LogP contribution is 2.34. The lowest BCUT2D eigenvalue weighted by atomic mass is 9.80. The van der Waals surface area contributed by atoms with E-state index < -0.39 is 5.60 Å². The van der Waals surface area contributed by atoms with Gasteiger partial charge in [0.25, 0.3) is 0 Å². The van der Waals surface area contributed by atoms with E-state index in [0.717, 1.165) is 12.8 Å². The van der Waals surface area contributed by atoms with Crippen LogP contribution in [-0.2, 0) is 0 Å². The van der Waals surface area contributed by atoms with Gasteiger partial charge in [-0.15, -0.1) is 6.58 Å². The van der Waals surface area contributed by atoms with Crippen LogP contribution >= 0.6 is 0 Å². The predicted octanol–water partition coefficient (Wildman–Crippen LogP) is 3.67. The summed E-state index contributed by atoms with van der Waals surface area (Å²) in [5.41, 5.74) is -0.460. The molecule has 1 saturated carbocycles. The van der Waals surface area contributed by atoms with Gasteiger partial charge in [-0.3, -0.25) is 0 Å². The van der Waals surface area contributed by atoms with E-state index in [0.29, 0.717) is 5.92 Å². The van der Waals surface area contributed by atoms with Crippen molar-refractivity contribution in [3.8, 4) is 0 Å². The van der Waals surface area contributed by atoms with Gasteiger partial charge in [0.2, 0.25) is 0 Å². The van der Waals surface area contributed by atoms with Crippen LogP contribution in [0.3, 0.4) is 0 Å². The van der Waals surface area contributed by atoms with Crippen molar-refractivity contribution in [2.75, 3.05) is 0 Å². The zero-order valence-electron chi connectivity index (χ0n) is 9.47. The molecule has 1 atom stereocenters. The van der Waals surface area contributed by atoms with E-state index in [4.69, 9.17) is 0 Å². The average molecular weight is 196 g/mol. The Labute approximate surface area is 88.2 Å². The van der Waals surface area contributed by atoms with Crippen molar-refractivity contribution < 1.29 is 5.11 Å². The molecule has 1 fully saturated rings. The Hall–Kier alpha value is -0.300. The van der Waals surface area contributed by atoms with Gasteiger partial charge in [-0.25, -0.2) is 0 Å². The molecule has 1 aliphatic rings. The van der Waals surface area contributed by atoms with E-state index in [1.807, 2.05) is 13.0 Å². The van der Waals surface area contributed by atoms with Crippen molar-refractivity contribution in [3.05, 3.63) is 12.7 Å². The van der Waals surface area contributed by atoms with Crippen molar-refractivity contribution in [3.63, 3.8) is 0 Å². The first-order valence-corrected chi connectivity index (χ1v) is 6.00. The maximum absolute atomic E-state index is 10.3. The van der Waals surface area contributed by atoms with Gasteiger partial charge in [-0.05, 0) is 38.5 Å². The fraction of sp³-hybridized carbons (Fsp3) is 0.846. The fourth-order valence-electron chi connectivity index (χ4n) is 2.50. The van der Waals surface area contributed by atoms with E-state index in [9.17, 15) is 5.11 Å². The SMILES string of the molecule is C=CCCC(C)(O)C1CCCCCC1. The number of rotatable bonds is 4. The van der Waals surface area contributed by atoms with Crippen LogP contribution in [0.4, 0.5) is 0 Å². The Morgan fingerprint density at radius 1 is 1.29 bits per heavy atom. The largest absolute Gasteiger partial charge is 0.390 e. The summed E-state index contributed by atoms with van der Waals surface area (Å²) in [5.74, 6) is 0.518. The van der Waals surface area contributed by atoms with Crippen molar-refractivity contribution in [2.24, 2.45) is 5.92 Å². The molecule has 0 aromatic carbocycles. The molecule has 14 heavy (non-hydrogen) atoms. The monoisotopic (exact) mass is 196 g/mol. The molecule has 0 aliphatic heterocycles. The second-order valence-corrected chi connectivity index (χ2v) is 4.87. The Kier molecular flexibility index (Phi) is 4.67. The number of hydrogen-bond donors (Lipinski definition) is 1. The van der Waals surface area contributed by atoms with Gasteiger partial charge in [0.05, 0.1) is 5.60 Å². The Morgan fingerprint density at radius 2 is 1.86 bits per heavy atom. The first kappa shape index (κ1) is 11.8. The number of allylic oxidation sites excluding steroid dienone is 1. The maximum atomic E-state index is 10.3. The van der Waals surface area contributed by atoms with Gasteiger partial charge >= 0.3 is 0 Å². The highest BCUT2D eigenvalue weighted by Gasteiger charge is 2.30. The molecule has 0 amide bonds. The number of hydrogen-bond acceptors (Lipinski definition) is 1. The minimum atomic E-state index is -0.460. The molecule has 0 heterocycles. The summed E-state index contributed by atoms with van der Waals surface area (Å²) in [6.45, 7) is 5.72. The van der Waals surface area contributed by atoms with E-state index in [-0.39, 0.29) is 0 Å². The highest BCUT2D eigenvalue weighted by atomic mass is 16.3. The summed E-state index contributed by atoms with van der Waals surface area (Å²) in [6.07, 6.45) is 11.5. The van der Waals surface area contributed by atoms with Crippen LogP contribution in [0.25, 0.3) is 0 Å². The van der Waals surface area contributed by atoms with Crippen molar-refractivity contribution in [1.82, 2.24) is 0 Å². The van der Waals surface area contributed by atoms with Crippen LogP contribution in [0.15, 0.2) is 12.7 Å². The summed E-state index contributed by atoms with van der Waals surface area (Å²) in [5, 5.41) is 10.3. The zero-order valence-corrected chi connectivity index (χ0v) is 9.47. The average Bonchev–Trinajstić information content (AvgIpc) is 2.43. The minimum absolute atomic E-state index is 0.460. The quantitative estimate of drug-likeness (QED) is 0.537. The number of aliphatic hydroxyl groups is 1. The predicted molar refractivity (Wildman–Crippen MR) is 61.2 cm³/mol. The van der Waals surface area contributed by atoms with Gasteiger partial charge < -0.3 is 5.11 Å². The third-order valence-corrected chi connectivity index (χ3v) is 3.59. The zero-order chi connectivity index (χ0) is 10.4. The Bertz CT molecular complexity index is 164. The topological polar surface area (TPSA) is 20.2 Å². The van der Waals surface area contributed by atoms with Crippen LogP contribution < -0.4 is 0 Å². The normalized spacial score (nSPS) is 23.9. The molecule has 0 radical (unpaired) electrons. The van der Waals surface area contributed by atoms with E-state index in [1.54, 1.807) is 0 Å². The van der Waals surface area contributed by atoms with E-state index >= 15 is 0 Å². The molecule has 0 spiro atoms. The second-order valence-electron chi connectivity index (χ2n) is 4.87. The van der Waals surface area contributed by atoms with Crippen molar-refractivity contribution >= 4 is 0 Å². The molecule has 0 saturated heterocycles. The van der Waals surface area contributed by atoms with Crippen molar-refractivity contribution in [2.45, 2.75) is 63.9 Å². The molecule has 0 bridgehead atoms. The van der Waals surface area contributed by atoms with Crippen molar-refractivity contribution in [1.29, 1.82) is 0 Å². The van der Waals surface area contributed by atoms with Gasteiger partial charge in [0, 0.05) is 0 Å². The third kappa shape index (κ3) is 3.45. The lowest BCUT2D eigenvalue weighted by Gasteiger charge is -2.32. The van der Waals surface area contributed by atoms with Gasteiger partial charge in [0.1, 0.15) is 0 Å². The molecule has 1 nitrogen and oxygen atoms in total. The third-order valence-electron chi connectivity index (χ3n) is 3.59. The maximum Gasteiger partial charge on any atom is 0.0650 e. The molecule has 1 N–H and O–H groups in total. The smallest absolute Gasteiger partial charge is 0.0650 e. The van der Waals surface area contributed by atoms with Crippen LogP contribution in [-0.4, -0.2) is 10.7 Å². The summed E-state index contributed by atoms with van der Waals surface area (Å²) < 4.78 is 0. The Balaban J connectivity index is 2.45. The van der Waals surface area contributed by atoms with E-state index in [1.165, 1.54) is 38.5 Å². The summed E-state index contributed by atoms with van der Waals surface area (Å²) >= 11 is 0. The van der Waals surface area contributed by atoms with Gasteiger partial charge in [-0.2, -0.15) is 0 Å². The second kappa shape index (κ2) is 5.55. The summed E-state index contributed by atoms with van der Waals surface area (Å²) in [4.78, 5) is 0.